The van der Waals surface area contributed by atoms with Gasteiger partial charge in [-0.25, -0.2) is 8.78 Å². The van der Waals surface area contributed by atoms with E-state index in [-0.39, 0.29) is 34.7 Å². The third-order valence-corrected chi connectivity index (χ3v) is 7.73. The molecule has 23 heavy (non-hydrogen) atoms. The van der Waals surface area contributed by atoms with E-state index in [1.165, 1.54) is 0 Å². The standard InChI is InChI=1S/C19H26F2O2/c1-17-7-8-19(21)13(14(17)9-12(20)10-17)5-3-11-4-6-15(22)16(23)18(11,19)2/h3,5,11-14,22-23H,4,6-10H2,1-2H3/t11?,12-,13+,14+,17-,18-,19-/m1/s1. The van der Waals surface area contributed by atoms with Crippen LogP contribution in [0.4, 0.5) is 8.78 Å². The van der Waals surface area contributed by atoms with Gasteiger partial charge >= 0.3 is 0 Å². The van der Waals surface area contributed by atoms with Crippen LogP contribution in [0, 0.1) is 28.6 Å². The van der Waals surface area contributed by atoms with Gasteiger partial charge in [0.25, 0.3) is 0 Å². The zero-order valence-electron chi connectivity index (χ0n) is 13.9. The molecule has 4 heteroatoms. The Balaban J connectivity index is 1.83. The van der Waals surface area contributed by atoms with Crippen LogP contribution in [0.5, 0.6) is 0 Å². The Morgan fingerprint density at radius 1 is 1.17 bits per heavy atom. The predicted molar refractivity (Wildman–Crippen MR) is 84.5 cm³/mol. The fourth-order valence-electron chi connectivity index (χ4n) is 6.24. The van der Waals surface area contributed by atoms with Crippen molar-refractivity contribution in [2.45, 2.75) is 64.2 Å². The summed E-state index contributed by atoms with van der Waals surface area (Å²) in [4.78, 5) is 0. The molecule has 2 saturated carbocycles. The maximum Gasteiger partial charge on any atom is 0.139 e. The summed E-state index contributed by atoms with van der Waals surface area (Å²) in [7, 11) is 0. The van der Waals surface area contributed by atoms with Crippen molar-refractivity contribution >= 4 is 0 Å². The molecule has 2 nitrogen and oxygen atoms in total. The summed E-state index contributed by atoms with van der Waals surface area (Å²) >= 11 is 0. The number of allylic oxidation sites excluding steroid dienone is 4. The fourth-order valence-corrected chi connectivity index (χ4v) is 6.24. The van der Waals surface area contributed by atoms with E-state index in [2.05, 4.69) is 6.92 Å². The van der Waals surface area contributed by atoms with Crippen molar-refractivity contribution in [3.05, 3.63) is 23.7 Å². The molecule has 4 rings (SSSR count). The summed E-state index contributed by atoms with van der Waals surface area (Å²) in [6, 6.07) is 0. The van der Waals surface area contributed by atoms with Crippen molar-refractivity contribution in [1.82, 2.24) is 0 Å². The average molecular weight is 324 g/mol. The van der Waals surface area contributed by atoms with Crippen molar-refractivity contribution in [3.8, 4) is 0 Å². The zero-order valence-corrected chi connectivity index (χ0v) is 13.9. The van der Waals surface area contributed by atoms with E-state index in [0.29, 0.717) is 38.5 Å². The highest BCUT2D eigenvalue weighted by molar-refractivity contribution is 5.32. The van der Waals surface area contributed by atoms with Gasteiger partial charge in [-0.3, -0.25) is 0 Å². The molecule has 1 unspecified atom stereocenters. The summed E-state index contributed by atoms with van der Waals surface area (Å²) in [6.45, 7) is 3.84. The summed E-state index contributed by atoms with van der Waals surface area (Å²) in [6.07, 6.45) is 6.07. The average Bonchev–Trinajstić information content (AvgIpc) is 2.80. The third-order valence-electron chi connectivity index (χ3n) is 7.73. The summed E-state index contributed by atoms with van der Waals surface area (Å²) in [5, 5.41) is 20.6. The number of fused-ring (bicyclic) bond motifs is 5. The van der Waals surface area contributed by atoms with Crippen LogP contribution in [0.15, 0.2) is 23.7 Å². The van der Waals surface area contributed by atoms with Crippen LogP contribution in [-0.2, 0) is 0 Å². The molecule has 0 bridgehead atoms. The molecular weight excluding hydrogens is 298 g/mol. The Bertz CT molecular complexity index is 600. The van der Waals surface area contributed by atoms with Crippen LogP contribution in [0.1, 0.15) is 52.4 Å². The first-order valence-electron chi connectivity index (χ1n) is 8.85. The second kappa shape index (κ2) is 4.52. The second-order valence-corrected chi connectivity index (χ2v) is 8.71. The molecule has 2 fully saturated rings. The molecular formula is C19H26F2O2. The van der Waals surface area contributed by atoms with E-state index < -0.39 is 17.3 Å². The lowest BCUT2D eigenvalue weighted by Gasteiger charge is -2.59. The van der Waals surface area contributed by atoms with Gasteiger partial charge in [-0.15, -0.1) is 0 Å². The predicted octanol–water partition coefficient (Wildman–Crippen LogP) is 5.17. The minimum Gasteiger partial charge on any atom is -0.509 e. The number of alkyl halides is 2. The highest BCUT2D eigenvalue weighted by atomic mass is 19.1. The number of rotatable bonds is 0. The highest BCUT2D eigenvalue weighted by Crippen LogP contribution is 2.68. The Morgan fingerprint density at radius 3 is 2.65 bits per heavy atom. The van der Waals surface area contributed by atoms with Gasteiger partial charge in [-0.2, -0.15) is 0 Å². The maximum atomic E-state index is 16.4. The Kier molecular flexibility index (Phi) is 3.04. The number of hydrogen-bond donors (Lipinski definition) is 2. The molecule has 0 aromatic carbocycles. The first-order chi connectivity index (χ1) is 10.7. The van der Waals surface area contributed by atoms with Gasteiger partial charge in [0.1, 0.15) is 23.4 Å². The van der Waals surface area contributed by atoms with Gasteiger partial charge in [0, 0.05) is 12.3 Å². The van der Waals surface area contributed by atoms with E-state index in [9.17, 15) is 14.6 Å². The van der Waals surface area contributed by atoms with Gasteiger partial charge in [-0.1, -0.05) is 19.1 Å². The van der Waals surface area contributed by atoms with Gasteiger partial charge in [0.05, 0.1) is 5.41 Å². The minimum atomic E-state index is -1.61. The molecule has 0 aromatic rings. The molecule has 7 atom stereocenters. The van der Waals surface area contributed by atoms with Crippen LogP contribution in [0.25, 0.3) is 0 Å². The van der Waals surface area contributed by atoms with E-state index in [0.717, 1.165) is 0 Å². The zero-order chi connectivity index (χ0) is 16.6. The van der Waals surface area contributed by atoms with Gasteiger partial charge < -0.3 is 10.2 Å². The Morgan fingerprint density at radius 2 is 1.91 bits per heavy atom. The third kappa shape index (κ3) is 1.73. The highest BCUT2D eigenvalue weighted by Gasteiger charge is 2.68. The molecule has 2 N–H and O–H groups in total. The topological polar surface area (TPSA) is 40.5 Å². The quantitative estimate of drug-likeness (QED) is 0.603. The van der Waals surface area contributed by atoms with Crippen LogP contribution in [0.2, 0.25) is 0 Å². The lowest BCUT2D eigenvalue weighted by molar-refractivity contribution is -0.138. The maximum absolute atomic E-state index is 16.4. The molecule has 128 valence electrons. The van der Waals surface area contributed by atoms with Gasteiger partial charge in [0.15, 0.2) is 0 Å². The lowest BCUT2D eigenvalue weighted by atomic mass is 9.46. The molecule has 0 saturated heterocycles. The Labute approximate surface area is 136 Å². The van der Waals surface area contributed by atoms with Gasteiger partial charge in [0.2, 0.25) is 0 Å². The summed E-state index contributed by atoms with van der Waals surface area (Å²) < 4.78 is 30.5. The van der Waals surface area contributed by atoms with Crippen molar-refractivity contribution in [2.75, 3.05) is 0 Å². The van der Waals surface area contributed by atoms with Crippen molar-refractivity contribution in [1.29, 1.82) is 0 Å². The van der Waals surface area contributed by atoms with Crippen LogP contribution in [0.3, 0.4) is 0 Å². The van der Waals surface area contributed by atoms with Crippen LogP contribution >= 0.6 is 0 Å². The number of aliphatic hydroxyl groups excluding tert-OH is 2. The largest absolute Gasteiger partial charge is 0.509 e. The Hall–Kier alpha value is -1.06. The molecule has 4 aliphatic carbocycles. The van der Waals surface area contributed by atoms with Crippen molar-refractivity contribution < 1.29 is 19.0 Å². The van der Waals surface area contributed by atoms with E-state index in [1.54, 1.807) is 6.92 Å². The number of aliphatic hydroxyl groups is 2. The monoisotopic (exact) mass is 324 g/mol. The van der Waals surface area contributed by atoms with E-state index in [1.807, 2.05) is 12.2 Å². The molecule has 0 spiro atoms. The van der Waals surface area contributed by atoms with E-state index in [4.69, 9.17) is 0 Å². The first-order valence-corrected chi connectivity index (χ1v) is 8.85. The smallest absolute Gasteiger partial charge is 0.139 e. The molecule has 0 radical (unpaired) electrons. The molecule has 0 amide bonds. The van der Waals surface area contributed by atoms with Gasteiger partial charge in [-0.05, 0) is 56.3 Å². The fraction of sp³-hybridized carbons (Fsp3) is 0.789. The number of hydrogen-bond acceptors (Lipinski definition) is 2. The summed E-state index contributed by atoms with van der Waals surface area (Å²) in [5.74, 6) is -0.757. The first kappa shape index (κ1) is 15.5. The van der Waals surface area contributed by atoms with E-state index >= 15 is 4.39 Å². The molecule has 4 aliphatic rings. The normalized spacial score (nSPS) is 55.3. The van der Waals surface area contributed by atoms with Crippen molar-refractivity contribution in [3.63, 3.8) is 0 Å². The molecule has 0 aromatic heterocycles. The molecule has 0 heterocycles. The SMILES string of the molecule is C[C@]12CC[C@@]3(F)[C@@H](C=CC4CCC(O)=C(O)[C@@]43C)[C@@H]1C[C@@H](F)C2. The van der Waals surface area contributed by atoms with Crippen LogP contribution in [-0.4, -0.2) is 22.1 Å². The van der Waals surface area contributed by atoms with Crippen LogP contribution < -0.4 is 0 Å². The number of halogens is 2. The second-order valence-electron chi connectivity index (χ2n) is 8.71. The lowest BCUT2D eigenvalue weighted by Crippen LogP contribution is -2.61. The van der Waals surface area contributed by atoms with Crippen molar-refractivity contribution in [2.24, 2.45) is 28.6 Å². The summed E-state index contributed by atoms with van der Waals surface area (Å²) in [5.41, 5.74) is -2.85. The molecule has 0 aliphatic heterocycles. The minimum absolute atomic E-state index is 0.0258.